The molecule has 1 amide bonds. The van der Waals surface area contributed by atoms with Crippen molar-refractivity contribution in [3.8, 4) is 0 Å². The van der Waals surface area contributed by atoms with Crippen LogP contribution in [0.25, 0.3) is 0 Å². The van der Waals surface area contributed by atoms with Gasteiger partial charge in [0, 0.05) is 5.69 Å². The molecule has 0 spiro atoms. The summed E-state index contributed by atoms with van der Waals surface area (Å²) in [5.41, 5.74) is 7.05. The second-order valence-electron chi connectivity index (χ2n) is 8.23. The fourth-order valence-electron chi connectivity index (χ4n) is 3.75. The molecular weight excluding hydrogens is 472 g/mol. The second-order valence-corrected chi connectivity index (χ2v) is 8.23. The van der Waals surface area contributed by atoms with E-state index in [1.807, 2.05) is 36.4 Å². The average Bonchev–Trinajstić information content (AvgIpc) is 2.91. The highest BCUT2D eigenvalue weighted by molar-refractivity contribution is 6.10. The van der Waals surface area contributed by atoms with Gasteiger partial charge in [-0.3, -0.25) is 15.1 Å². The molecule has 0 aliphatic rings. The van der Waals surface area contributed by atoms with E-state index in [4.69, 9.17) is 4.84 Å². The molecular formula is C29H24N2O6. The van der Waals surface area contributed by atoms with Crippen molar-refractivity contribution in [2.45, 2.75) is 13.0 Å². The molecule has 0 saturated heterocycles. The van der Waals surface area contributed by atoms with Crippen molar-refractivity contribution in [3.05, 3.63) is 130 Å². The number of hydrogen-bond donors (Lipinski definition) is 4. The molecule has 0 unspecified atom stereocenters. The van der Waals surface area contributed by atoms with Gasteiger partial charge in [-0.2, -0.15) is 0 Å². The molecule has 0 atom stereocenters. The first-order valence-corrected chi connectivity index (χ1v) is 11.4. The number of hydrogen-bond acceptors (Lipinski definition) is 5. The minimum atomic E-state index is -1.16. The maximum Gasteiger partial charge on any atom is 0.336 e. The lowest BCUT2D eigenvalue weighted by Crippen LogP contribution is -2.16. The van der Waals surface area contributed by atoms with E-state index in [0.29, 0.717) is 17.7 Å². The predicted octanol–water partition coefficient (Wildman–Crippen LogP) is 5.47. The molecule has 0 aliphatic carbocycles. The van der Waals surface area contributed by atoms with Crippen LogP contribution in [0.5, 0.6) is 0 Å². The summed E-state index contributed by atoms with van der Waals surface area (Å²) in [5.74, 6) is -2.64. The van der Waals surface area contributed by atoms with E-state index < -0.39 is 17.8 Å². The van der Waals surface area contributed by atoms with Crippen LogP contribution < -0.4 is 10.8 Å². The fraction of sp³-hybridized carbons (Fsp3) is 0.0690. The van der Waals surface area contributed by atoms with Crippen molar-refractivity contribution in [2.75, 3.05) is 10.8 Å². The Morgan fingerprint density at radius 2 is 1.14 bits per heavy atom. The van der Waals surface area contributed by atoms with Crippen LogP contribution in [0, 0.1) is 0 Å². The van der Waals surface area contributed by atoms with Crippen molar-refractivity contribution >= 4 is 29.2 Å². The van der Waals surface area contributed by atoms with Gasteiger partial charge in [-0.15, -0.1) is 0 Å². The summed E-state index contributed by atoms with van der Waals surface area (Å²) in [5, 5.41) is 21.3. The highest BCUT2D eigenvalue weighted by Crippen LogP contribution is 2.18. The van der Waals surface area contributed by atoms with Gasteiger partial charge in [-0.1, -0.05) is 54.6 Å². The second kappa shape index (κ2) is 11.7. The molecule has 0 heterocycles. The number of anilines is 2. The molecule has 4 rings (SSSR count). The number of carboxylic acid groups (broad SMARTS) is 2. The summed E-state index contributed by atoms with van der Waals surface area (Å²) in [4.78, 5) is 40.6. The number of aromatic carboxylic acids is 2. The average molecular weight is 497 g/mol. The van der Waals surface area contributed by atoms with Crippen LogP contribution >= 0.6 is 0 Å². The summed E-state index contributed by atoms with van der Waals surface area (Å²) in [6.07, 6.45) is 0.670. The first-order valence-electron chi connectivity index (χ1n) is 11.4. The Bertz CT molecular complexity index is 1420. The Morgan fingerprint density at radius 1 is 0.622 bits per heavy atom. The van der Waals surface area contributed by atoms with E-state index in [1.165, 1.54) is 18.2 Å². The highest BCUT2D eigenvalue weighted by Gasteiger charge is 2.15. The van der Waals surface area contributed by atoms with Crippen LogP contribution in [-0.2, 0) is 17.9 Å². The molecule has 37 heavy (non-hydrogen) atoms. The van der Waals surface area contributed by atoms with E-state index >= 15 is 0 Å². The monoisotopic (exact) mass is 496 g/mol. The van der Waals surface area contributed by atoms with Crippen molar-refractivity contribution < 1.29 is 29.4 Å². The van der Waals surface area contributed by atoms with Gasteiger partial charge < -0.3 is 15.5 Å². The summed E-state index contributed by atoms with van der Waals surface area (Å²) < 4.78 is 0. The van der Waals surface area contributed by atoms with Gasteiger partial charge in [-0.05, 0) is 65.6 Å². The van der Waals surface area contributed by atoms with Gasteiger partial charge in [0.05, 0.1) is 22.4 Å². The third kappa shape index (κ3) is 6.59. The zero-order chi connectivity index (χ0) is 26.2. The van der Waals surface area contributed by atoms with E-state index in [9.17, 15) is 24.6 Å². The van der Waals surface area contributed by atoms with Crippen LogP contribution in [0.4, 0.5) is 11.4 Å². The fourth-order valence-corrected chi connectivity index (χ4v) is 3.75. The predicted molar refractivity (Wildman–Crippen MR) is 139 cm³/mol. The Morgan fingerprint density at radius 3 is 1.73 bits per heavy atom. The Labute approximate surface area is 213 Å². The number of amides is 1. The summed E-state index contributed by atoms with van der Waals surface area (Å²) >= 11 is 0. The van der Waals surface area contributed by atoms with Gasteiger partial charge in [0.2, 0.25) is 0 Å². The van der Waals surface area contributed by atoms with Crippen LogP contribution in [-0.4, -0.2) is 28.1 Å². The lowest BCUT2D eigenvalue weighted by atomic mass is 10.0. The lowest BCUT2D eigenvalue weighted by molar-refractivity contribution is 0.0682. The van der Waals surface area contributed by atoms with Gasteiger partial charge in [0.1, 0.15) is 6.61 Å². The summed E-state index contributed by atoms with van der Waals surface area (Å²) in [6, 6.07) is 27.7. The standard InChI is InChI=1S/C29H24N2O6/c32-27(25-7-3-4-8-26(25)29(35)36)30-22-13-9-19(10-14-22)17-20-11-15-23(16-12-20)31-37-18-21-5-1-2-6-24(21)28(33)34/h1-16,31H,17-18H2,(H,30,32)(H,33,34)(H,35,36). The molecule has 4 aromatic carbocycles. The molecule has 8 heteroatoms. The number of nitrogens with one attached hydrogen (secondary N) is 2. The number of rotatable bonds is 10. The third-order valence-corrected chi connectivity index (χ3v) is 5.64. The quantitative estimate of drug-likeness (QED) is 0.215. The normalized spacial score (nSPS) is 10.5. The molecule has 0 aromatic heterocycles. The number of carbonyl (C=O) groups is 3. The molecule has 186 valence electrons. The Balaban J connectivity index is 1.30. The molecule has 0 saturated carbocycles. The lowest BCUT2D eigenvalue weighted by Gasteiger charge is -2.10. The molecule has 0 aliphatic heterocycles. The van der Waals surface area contributed by atoms with Crippen molar-refractivity contribution in [3.63, 3.8) is 0 Å². The molecule has 4 aromatic rings. The van der Waals surface area contributed by atoms with Crippen molar-refractivity contribution in [1.82, 2.24) is 0 Å². The Kier molecular flexibility index (Phi) is 7.92. The van der Waals surface area contributed by atoms with Gasteiger partial charge in [-0.25, -0.2) is 9.59 Å². The molecule has 0 radical (unpaired) electrons. The Hall–Kier alpha value is -4.95. The first kappa shape index (κ1) is 25.2. The van der Waals surface area contributed by atoms with Gasteiger partial charge >= 0.3 is 11.9 Å². The van der Waals surface area contributed by atoms with E-state index in [0.717, 1.165) is 16.8 Å². The minimum absolute atomic E-state index is 0.0509. The third-order valence-electron chi connectivity index (χ3n) is 5.64. The van der Waals surface area contributed by atoms with Crippen molar-refractivity contribution in [2.24, 2.45) is 0 Å². The minimum Gasteiger partial charge on any atom is -0.478 e. The van der Waals surface area contributed by atoms with E-state index in [1.54, 1.807) is 42.5 Å². The van der Waals surface area contributed by atoms with Crippen LogP contribution in [0.3, 0.4) is 0 Å². The molecule has 4 N–H and O–H groups in total. The van der Waals surface area contributed by atoms with Crippen LogP contribution in [0.1, 0.15) is 47.8 Å². The zero-order valence-corrected chi connectivity index (χ0v) is 19.7. The SMILES string of the molecule is O=C(O)c1ccccc1CONc1ccc(Cc2ccc(NC(=O)c3ccccc3C(=O)O)cc2)cc1. The zero-order valence-electron chi connectivity index (χ0n) is 19.7. The number of carboxylic acids is 2. The van der Waals surface area contributed by atoms with Crippen LogP contribution in [0.15, 0.2) is 97.1 Å². The van der Waals surface area contributed by atoms with Gasteiger partial charge in [0.15, 0.2) is 0 Å². The number of benzene rings is 4. The largest absolute Gasteiger partial charge is 0.478 e. The molecule has 0 bridgehead atoms. The highest BCUT2D eigenvalue weighted by atomic mass is 16.6. The number of carbonyl (C=O) groups excluding carboxylic acids is 1. The van der Waals surface area contributed by atoms with Gasteiger partial charge in [0.25, 0.3) is 5.91 Å². The maximum atomic E-state index is 12.5. The van der Waals surface area contributed by atoms with Crippen LogP contribution in [0.2, 0.25) is 0 Å². The summed E-state index contributed by atoms with van der Waals surface area (Å²) in [7, 11) is 0. The van der Waals surface area contributed by atoms with E-state index in [2.05, 4.69) is 10.8 Å². The maximum absolute atomic E-state index is 12.5. The van der Waals surface area contributed by atoms with Crippen molar-refractivity contribution in [1.29, 1.82) is 0 Å². The topological polar surface area (TPSA) is 125 Å². The molecule has 0 fully saturated rings. The first-order chi connectivity index (χ1) is 17.9. The smallest absolute Gasteiger partial charge is 0.336 e. The summed E-state index contributed by atoms with van der Waals surface area (Å²) in [6.45, 7) is 0.106. The molecule has 8 nitrogen and oxygen atoms in total. The van der Waals surface area contributed by atoms with E-state index in [-0.39, 0.29) is 23.3 Å².